The van der Waals surface area contributed by atoms with E-state index in [4.69, 9.17) is 32.7 Å². The summed E-state index contributed by atoms with van der Waals surface area (Å²) >= 11 is 11.7. The fourth-order valence-corrected chi connectivity index (χ4v) is 1.54. The molecule has 0 aliphatic heterocycles. The first-order chi connectivity index (χ1) is 7.12. The average Bonchev–Trinajstić information content (AvgIpc) is 2.78. The summed E-state index contributed by atoms with van der Waals surface area (Å²) in [4.78, 5) is 0. The molecule has 0 heterocycles. The van der Waals surface area contributed by atoms with Gasteiger partial charge in [-0.25, -0.2) is 0 Å². The van der Waals surface area contributed by atoms with E-state index in [9.17, 15) is 0 Å². The maximum atomic E-state index is 5.84. The Hall–Kier alpha value is -0.860. The summed E-state index contributed by atoms with van der Waals surface area (Å²) < 4.78 is 9.89. The van der Waals surface area contributed by atoms with Gasteiger partial charge in [0, 0.05) is 6.42 Å². The highest BCUT2D eigenvalue weighted by Crippen LogP contribution is 2.49. The third-order valence-electron chi connectivity index (χ3n) is 2.09. The van der Waals surface area contributed by atoms with Crippen molar-refractivity contribution in [2.75, 3.05) is 0 Å². The molecular formula is C11H10Cl2O2. The number of ether oxygens (including phenoxy) is 2. The van der Waals surface area contributed by atoms with Crippen LogP contribution in [-0.2, 0) is 0 Å². The maximum Gasteiger partial charge on any atom is 0.158 e. The quantitative estimate of drug-likeness (QED) is 0.596. The fourth-order valence-electron chi connectivity index (χ4n) is 1.17. The van der Waals surface area contributed by atoms with Crippen LogP contribution in [0.25, 0.3) is 0 Å². The fraction of sp³-hybridized carbons (Fsp3) is 0.273. The topological polar surface area (TPSA) is 18.5 Å². The van der Waals surface area contributed by atoms with Gasteiger partial charge in [-0.05, 0) is 24.3 Å². The Morgan fingerprint density at radius 3 is 2.27 bits per heavy atom. The second kappa shape index (κ2) is 3.95. The number of rotatable bonds is 4. The average molecular weight is 245 g/mol. The smallest absolute Gasteiger partial charge is 0.158 e. The molecule has 0 aromatic heterocycles. The van der Waals surface area contributed by atoms with E-state index in [-0.39, 0.29) is 6.10 Å². The highest BCUT2D eigenvalue weighted by molar-refractivity contribution is 6.51. The summed E-state index contributed by atoms with van der Waals surface area (Å²) in [6, 6.07) is 7.20. The molecule has 1 aliphatic rings. The summed E-state index contributed by atoms with van der Waals surface area (Å²) in [6.07, 6.45) is 1.94. The van der Waals surface area contributed by atoms with Crippen LogP contribution in [0.15, 0.2) is 37.1 Å². The van der Waals surface area contributed by atoms with E-state index in [0.717, 1.165) is 11.5 Å². The maximum absolute atomic E-state index is 5.84. The highest BCUT2D eigenvalue weighted by Gasteiger charge is 2.54. The highest BCUT2D eigenvalue weighted by atomic mass is 35.5. The van der Waals surface area contributed by atoms with Crippen molar-refractivity contribution in [1.82, 2.24) is 0 Å². The van der Waals surface area contributed by atoms with Crippen LogP contribution in [0.4, 0.5) is 0 Å². The van der Waals surface area contributed by atoms with Gasteiger partial charge in [-0.3, -0.25) is 0 Å². The number of hydrogen-bond donors (Lipinski definition) is 0. The second-order valence-electron chi connectivity index (χ2n) is 3.33. The molecule has 0 radical (unpaired) electrons. The monoisotopic (exact) mass is 244 g/mol. The first kappa shape index (κ1) is 10.7. The molecule has 1 aliphatic carbocycles. The third kappa shape index (κ3) is 2.58. The van der Waals surface area contributed by atoms with Gasteiger partial charge in [-0.2, -0.15) is 0 Å². The molecule has 0 bridgehead atoms. The Balaban J connectivity index is 1.96. The van der Waals surface area contributed by atoms with E-state index in [1.54, 1.807) is 24.3 Å². The van der Waals surface area contributed by atoms with Crippen LogP contribution < -0.4 is 9.47 Å². The summed E-state index contributed by atoms with van der Waals surface area (Å²) in [5.41, 5.74) is 0. The SMILES string of the molecule is C=COc1ccc(OC2CC2(Cl)Cl)cc1. The minimum atomic E-state index is -0.712. The Morgan fingerprint density at radius 2 is 1.80 bits per heavy atom. The van der Waals surface area contributed by atoms with Gasteiger partial charge in [-0.1, -0.05) is 29.8 Å². The molecule has 2 nitrogen and oxygen atoms in total. The van der Waals surface area contributed by atoms with Crippen LogP contribution in [0.2, 0.25) is 0 Å². The van der Waals surface area contributed by atoms with Gasteiger partial charge in [0.25, 0.3) is 0 Å². The van der Waals surface area contributed by atoms with Crippen molar-refractivity contribution < 1.29 is 9.47 Å². The minimum absolute atomic E-state index is 0.105. The number of hydrogen-bond acceptors (Lipinski definition) is 2. The lowest BCUT2D eigenvalue weighted by Gasteiger charge is -2.06. The molecular weight excluding hydrogens is 235 g/mol. The summed E-state index contributed by atoms with van der Waals surface area (Å²) in [5.74, 6) is 1.45. The standard InChI is InChI=1S/C11H10Cl2O2/c1-2-14-8-3-5-9(6-4-8)15-10-7-11(10,12)13/h2-6,10H,1,7H2. The molecule has 1 atom stereocenters. The summed E-state index contributed by atoms with van der Waals surface area (Å²) in [6.45, 7) is 3.47. The van der Waals surface area contributed by atoms with Crippen LogP contribution >= 0.6 is 23.2 Å². The third-order valence-corrected chi connectivity index (χ3v) is 2.89. The number of alkyl halides is 2. The van der Waals surface area contributed by atoms with E-state index >= 15 is 0 Å². The molecule has 15 heavy (non-hydrogen) atoms. The van der Waals surface area contributed by atoms with Crippen molar-refractivity contribution in [3.05, 3.63) is 37.1 Å². The van der Waals surface area contributed by atoms with Gasteiger partial charge in [0.1, 0.15) is 17.6 Å². The summed E-state index contributed by atoms with van der Waals surface area (Å²) in [5, 5.41) is 0. The lowest BCUT2D eigenvalue weighted by Crippen LogP contribution is -2.04. The first-order valence-electron chi connectivity index (χ1n) is 4.54. The van der Waals surface area contributed by atoms with Gasteiger partial charge < -0.3 is 9.47 Å². The van der Waals surface area contributed by atoms with Crippen molar-refractivity contribution in [3.63, 3.8) is 0 Å². The molecule has 1 unspecified atom stereocenters. The van der Waals surface area contributed by atoms with Gasteiger partial charge in [0.05, 0.1) is 6.26 Å². The van der Waals surface area contributed by atoms with E-state index in [1.165, 1.54) is 6.26 Å². The minimum Gasteiger partial charge on any atom is -0.487 e. The molecule has 0 amide bonds. The normalized spacial score (nSPS) is 21.9. The molecule has 1 saturated carbocycles. The zero-order valence-corrected chi connectivity index (χ0v) is 9.46. The van der Waals surface area contributed by atoms with Crippen LogP contribution in [0.1, 0.15) is 6.42 Å². The van der Waals surface area contributed by atoms with E-state index in [2.05, 4.69) is 6.58 Å². The van der Waals surface area contributed by atoms with Gasteiger partial charge in [0.2, 0.25) is 0 Å². The molecule has 0 spiro atoms. The lowest BCUT2D eigenvalue weighted by atomic mass is 10.3. The Morgan fingerprint density at radius 1 is 1.27 bits per heavy atom. The van der Waals surface area contributed by atoms with Crippen LogP contribution in [-0.4, -0.2) is 10.4 Å². The predicted molar refractivity (Wildman–Crippen MR) is 60.7 cm³/mol. The van der Waals surface area contributed by atoms with Crippen LogP contribution in [0, 0.1) is 0 Å². The molecule has 80 valence electrons. The number of benzene rings is 1. The molecule has 0 saturated heterocycles. The van der Waals surface area contributed by atoms with Crippen LogP contribution in [0.5, 0.6) is 11.5 Å². The first-order valence-corrected chi connectivity index (χ1v) is 5.29. The van der Waals surface area contributed by atoms with Crippen molar-refractivity contribution in [2.45, 2.75) is 16.9 Å². The summed E-state index contributed by atoms with van der Waals surface area (Å²) in [7, 11) is 0. The Kier molecular flexibility index (Phi) is 2.81. The van der Waals surface area contributed by atoms with Crippen molar-refractivity contribution in [3.8, 4) is 11.5 Å². The predicted octanol–water partition coefficient (Wildman–Crippen LogP) is 3.53. The van der Waals surface area contributed by atoms with E-state index in [0.29, 0.717) is 6.42 Å². The van der Waals surface area contributed by atoms with Crippen molar-refractivity contribution >= 4 is 23.2 Å². The molecule has 0 N–H and O–H groups in total. The lowest BCUT2D eigenvalue weighted by molar-refractivity contribution is 0.300. The molecule has 4 heteroatoms. The molecule has 1 aromatic rings. The van der Waals surface area contributed by atoms with Gasteiger partial charge in [0.15, 0.2) is 4.33 Å². The molecule has 2 rings (SSSR count). The van der Waals surface area contributed by atoms with E-state index in [1.807, 2.05) is 0 Å². The van der Waals surface area contributed by atoms with Crippen molar-refractivity contribution in [2.24, 2.45) is 0 Å². The van der Waals surface area contributed by atoms with Crippen molar-refractivity contribution in [1.29, 1.82) is 0 Å². The Bertz CT molecular complexity index is 359. The zero-order valence-electron chi connectivity index (χ0n) is 7.95. The number of halogens is 2. The zero-order chi connectivity index (χ0) is 10.9. The second-order valence-corrected chi connectivity index (χ2v) is 4.87. The largest absolute Gasteiger partial charge is 0.487 e. The van der Waals surface area contributed by atoms with Gasteiger partial charge in [-0.15, -0.1) is 0 Å². The molecule has 1 aromatic carbocycles. The van der Waals surface area contributed by atoms with E-state index < -0.39 is 4.33 Å². The Labute approximate surface area is 98.4 Å². The van der Waals surface area contributed by atoms with Gasteiger partial charge >= 0.3 is 0 Å². The van der Waals surface area contributed by atoms with Crippen LogP contribution in [0.3, 0.4) is 0 Å². The molecule has 1 fully saturated rings.